The number of ether oxygens (including phenoxy) is 1. The summed E-state index contributed by atoms with van der Waals surface area (Å²) in [4.78, 5) is 22.0. The molecule has 0 aliphatic carbocycles. The highest BCUT2D eigenvalue weighted by Crippen LogP contribution is 2.19. The topological polar surface area (TPSA) is 117 Å². The molecule has 0 radical (unpaired) electrons. The molecule has 0 fully saturated rings. The first-order chi connectivity index (χ1) is 11.9. The molecule has 0 saturated heterocycles. The Labute approximate surface area is 151 Å². The third-order valence-corrected chi connectivity index (χ3v) is 3.61. The van der Waals surface area contributed by atoms with Gasteiger partial charge in [0.05, 0.1) is 11.1 Å². The van der Waals surface area contributed by atoms with Crippen LogP contribution in [-0.2, 0) is 4.79 Å². The van der Waals surface area contributed by atoms with Crippen molar-refractivity contribution < 1.29 is 19.6 Å². The molecule has 0 heterocycles. The molecular weight excluding hydrogens is 394 g/mol. The lowest BCUT2D eigenvalue weighted by Gasteiger charge is -2.13. The van der Waals surface area contributed by atoms with Crippen LogP contribution in [0.1, 0.15) is 12.5 Å². The summed E-state index contributed by atoms with van der Waals surface area (Å²) in [5, 5.41) is 26.0. The van der Waals surface area contributed by atoms with Crippen LogP contribution in [0.4, 0.5) is 5.69 Å². The number of nitro groups is 1. The number of nitrogens with zero attached hydrogens (tertiary/aromatic N) is 2. The van der Waals surface area contributed by atoms with Crippen molar-refractivity contribution in [3.63, 3.8) is 0 Å². The molecule has 2 rings (SSSR count). The van der Waals surface area contributed by atoms with Crippen molar-refractivity contribution in [1.82, 2.24) is 5.43 Å². The predicted octanol–water partition coefficient (Wildman–Crippen LogP) is 2.35. The molecule has 0 unspecified atom stereocenters. The van der Waals surface area contributed by atoms with E-state index in [-0.39, 0.29) is 11.3 Å². The van der Waals surface area contributed by atoms with E-state index in [4.69, 9.17) is 4.74 Å². The first-order valence-corrected chi connectivity index (χ1v) is 7.86. The quantitative estimate of drug-likeness (QED) is 0.448. The fourth-order valence-electron chi connectivity index (χ4n) is 1.78. The fourth-order valence-corrected chi connectivity index (χ4v) is 2.04. The summed E-state index contributed by atoms with van der Waals surface area (Å²) in [6, 6.07) is 10.2. The average Bonchev–Trinajstić information content (AvgIpc) is 2.58. The number of hydrogen-bond donors (Lipinski definition) is 1. The molecule has 0 aliphatic rings. The van der Waals surface area contributed by atoms with Crippen molar-refractivity contribution >= 4 is 33.7 Å². The molecule has 1 atom stereocenters. The molecule has 25 heavy (non-hydrogen) atoms. The maximum absolute atomic E-state index is 11.9. The van der Waals surface area contributed by atoms with Gasteiger partial charge in [-0.15, -0.1) is 0 Å². The SMILES string of the molecule is C[C@@H](Oc1ccc(Br)cc1)C(=O)N/N=C\c1cc([N+](=O)[O-])ccc1[O-]. The summed E-state index contributed by atoms with van der Waals surface area (Å²) in [6.07, 6.45) is 0.231. The minimum atomic E-state index is -0.824. The summed E-state index contributed by atoms with van der Waals surface area (Å²) in [7, 11) is 0. The highest BCUT2D eigenvalue weighted by atomic mass is 79.9. The maximum Gasteiger partial charge on any atom is 0.280 e. The van der Waals surface area contributed by atoms with Crippen LogP contribution in [0.25, 0.3) is 0 Å². The largest absolute Gasteiger partial charge is 0.872 e. The lowest BCUT2D eigenvalue weighted by molar-refractivity contribution is -0.385. The van der Waals surface area contributed by atoms with Crippen LogP contribution in [-0.4, -0.2) is 23.1 Å². The summed E-state index contributed by atoms with van der Waals surface area (Å²) in [6.45, 7) is 1.54. The Bertz CT molecular complexity index is 808. The third-order valence-electron chi connectivity index (χ3n) is 3.08. The van der Waals surface area contributed by atoms with Gasteiger partial charge in [-0.2, -0.15) is 5.10 Å². The van der Waals surface area contributed by atoms with Gasteiger partial charge in [-0.05, 0) is 36.8 Å². The monoisotopic (exact) mass is 406 g/mol. The van der Waals surface area contributed by atoms with Crippen LogP contribution < -0.4 is 15.3 Å². The van der Waals surface area contributed by atoms with E-state index in [1.807, 2.05) is 0 Å². The van der Waals surface area contributed by atoms with Gasteiger partial charge < -0.3 is 9.84 Å². The first kappa shape index (κ1) is 18.4. The van der Waals surface area contributed by atoms with E-state index >= 15 is 0 Å². The van der Waals surface area contributed by atoms with Gasteiger partial charge in [-0.1, -0.05) is 27.7 Å². The zero-order valence-electron chi connectivity index (χ0n) is 13.0. The number of carbonyl (C=O) groups excluding carboxylic acids is 1. The van der Waals surface area contributed by atoms with Gasteiger partial charge in [0.25, 0.3) is 11.6 Å². The van der Waals surface area contributed by atoms with Gasteiger partial charge in [-0.3, -0.25) is 14.9 Å². The van der Waals surface area contributed by atoms with Crippen LogP contribution in [0.5, 0.6) is 11.5 Å². The van der Waals surface area contributed by atoms with E-state index in [0.29, 0.717) is 5.75 Å². The predicted molar refractivity (Wildman–Crippen MR) is 92.5 cm³/mol. The van der Waals surface area contributed by atoms with Gasteiger partial charge in [0.2, 0.25) is 0 Å². The van der Waals surface area contributed by atoms with E-state index < -0.39 is 22.7 Å². The van der Waals surface area contributed by atoms with E-state index in [1.54, 1.807) is 31.2 Å². The Kier molecular flexibility index (Phi) is 6.07. The van der Waals surface area contributed by atoms with E-state index in [1.165, 1.54) is 0 Å². The molecule has 0 spiro atoms. The van der Waals surface area contributed by atoms with Crippen LogP contribution in [0.3, 0.4) is 0 Å². The molecule has 1 N–H and O–H groups in total. The lowest BCUT2D eigenvalue weighted by Crippen LogP contribution is -2.33. The van der Waals surface area contributed by atoms with Gasteiger partial charge in [0.1, 0.15) is 5.75 Å². The van der Waals surface area contributed by atoms with Gasteiger partial charge >= 0.3 is 0 Å². The van der Waals surface area contributed by atoms with Crippen molar-refractivity contribution in [3.8, 4) is 11.5 Å². The number of amides is 1. The molecule has 9 heteroatoms. The van der Waals surface area contributed by atoms with E-state index in [0.717, 1.165) is 28.9 Å². The number of hydrazone groups is 1. The lowest BCUT2D eigenvalue weighted by atomic mass is 10.2. The van der Waals surface area contributed by atoms with Gasteiger partial charge in [-0.25, -0.2) is 5.43 Å². The number of rotatable bonds is 6. The molecule has 0 aromatic heterocycles. The van der Waals surface area contributed by atoms with Crippen LogP contribution in [0, 0.1) is 10.1 Å². The standard InChI is InChI=1S/C16H14BrN3O5/c1-10(25-14-5-2-12(17)3-6-14)16(22)19-18-9-11-8-13(20(23)24)4-7-15(11)21/h2-10,21H,1H3,(H,19,22)/p-1/b18-9-/t10-/m1/s1. The highest BCUT2D eigenvalue weighted by molar-refractivity contribution is 9.10. The molecular formula is C16H13BrN3O5-. The number of benzene rings is 2. The molecule has 8 nitrogen and oxygen atoms in total. The second-order valence-electron chi connectivity index (χ2n) is 4.93. The number of carbonyl (C=O) groups is 1. The van der Waals surface area contributed by atoms with Gasteiger partial charge in [0.15, 0.2) is 6.10 Å². The molecule has 0 bridgehead atoms. The Balaban J connectivity index is 1.96. The molecule has 1 amide bonds. The van der Waals surface area contributed by atoms with Crippen LogP contribution >= 0.6 is 15.9 Å². The summed E-state index contributed by atoms with van der Waals surface area (Å²) in [5.74, 6) is -0.463. The second kappa shape index (κ2) is 8.25. The number of nitro benzene ring substituents is 1. The number of non-ortho nitro benzene ring substituents is 1. The fraction of sp³-hybridized carbons (Fsp3) is 0.125. The Morgan fingerprint density at radius 3 is 2.64 bits per heavy atom. The van der Waals surface area contributed by atoms with Crippen molar-refractivity contribution in [3.05, 3.63) is 62.6 Å². The van der Waals surface area contributed by atoms with Crippen molar-refractivity contribution in [2.75, 3.05) is 0 Å². The van der Waals surface area contributed by atoms with E-state index in [9.17, 15) is 20.0 Å². The van der Waals surface area contributed by atoms with Crippen molar-refractivity contribution in [2.45, 2.75) is 13.0 Å². The minimum absolute atomic E-state index is 0.00372. The summed E-state index contributed by atoms with van der Waals surface area (Å²) >= 11 is 3.30. The van der Waals surface area contributed by atoms with Crippen molar-refractivity contribution in [1.29, 1.82) is 0 Å². The first-order valence-electron chi connectivity index (χ1n) is 7.07. The third kappa shape index (κ3) is 5.28. The molecule has 2 aromatic carbocycles. The Morgan fingerprint density at radius 1 is 1.32 bits per heavy atom. The smallest absolute Gasteiger partial charge is 0.280 e. The van der Waals surface area contributed by atoms with Crippen LogP contribution in [0.2, 0.25) is 0 Å². The normalized spacial score (nSPS) is 11.9. The molecule has 130 valence electrons. The highest BCUT2D eigenvalue weighted by Gasteiger charge is 2.14. The summed E-state index contributed by atoms with van der Waals surface area (Å²) in [5.41, 5.74) is 1.99. The van der Waals surface area contributed by atoms with Crippen molar-refractivity contribution in [2.24, 2.45) is 5.10 Å². The average molecular weight is 407 g/mol. The van der Waals surface area contributed by atoms with Crippen LogP contribution in [0.15, 0.2) is 52.0 Å². The number of hydrogen-bond acceptors (Lipinski definition) is 6. The maximum atomic E-state index is 11.9. The zero-order chi connectivity index (χ0) is 18.4. The Hall–Kier alpha value is -2.94. The molecule has 0 saturated carbocycles. The second-order valence-corrected chi connectivity index (χ2v) is 5.84. The number of nitrogens with one attached hydrogen (secondary N) is 1. The minimum Gasteiger partial charge on any atom is -0.872 e. The van der Waals surface area contributed by atoms with E-state index in [2.05, 4.69) is 26.5 Å². The Morgan fingerprint density at radius 2 is 2.00 bits per heavy atom. The summed E-state index contributed by atoms with van der Waals surface area (Å²) < 4.78 is 6.33. The number of halogens is 1. The molecule has 0 aliphatic heterocycles. The van der Waals surface area contributed by atoms with Gasteiger partial charge in [0, 0.05) is 16.6 Å². The zero-order valence-corrected chi connectivity index (χ0v) is 14.6. The molecule has 2 aromatic rings.